The van der Waals surface area contributed by atoms with Gasteiger partial charge in [-0.3, -0.25) is 0 Å². The Hall–Kier alpha value is -0.850. The molecule has 0 bridgehead atoms. The van der Waals surface area contributed by atoms with Crippen LogP contribution < -0.4 is 0 Å². The number of alkyl halides is 3. The van der Waals surface area contributed by atoms with Crippen LogP contribution in [-0.4, -0.2) is 39.8 Å². The molecule has 0 aromatic carbocycles. The van der Waals surface area contributed by atoms with E-state index in [1.165, 1.54) is 0 Å². The Morgan fingerprint density at radius 1 is 1.29 bits per heavy atom. The van der Waals surface area contributed by atoms with Crippen molar-refractivity contribution in [2.24, 2.45) is 0 Å². The third kappa shape index (κ3) is 2.14. The van der Waals surface area contributed by atoms with Gasteiger partial charge in [-0.2, -0.15) is 13.2 Å². The van der Waals surface area contributed by atoms with Gasteiger partial charge in [0.15, 0.2) is 6.10 Å². The van der Waals surface area contributed by atoms with Crippen LogP contribution >= 0.6 is 0 Å². The van der Waals surface area contributed by atoms with Gasteiger partial charge in [0, 0.05) is 0 Å². The molecule has 6 heteroatoms. The minimum absolute atomic E-state index is 0.646. The highest BCUT2D eigenvalue weighted by Crippen LogP contribution is 2.29. The standard InChI is InChI=1S/C8H9F3O3/c9-8(10,11)7(14)4-2-1-3-5(12)6(4)13/h1-3,5-7,12-14H/t5-,6+,7?/m0/s1. The van der Waals surface area contributed by atoms with Gasteiger partial charge >= 0.3 is 6.18 Å². The first-order chi connectivity index (χ1) is 6.34. The van der Waals surface area contributed by atoms with Crippen molar-refractivity contribution in [2.75, 3.05) is 0 Å². The summed E-state index contributed by atoms with van der Waals surface area (Å²) >= 11 is 0. The number of aliphatic hydroxyl groups excluding tert-OH is 3. The number of aliphatic hydroxyl groups is 3. The Bertz CT molecular complexity index is 269. The minimum Gasteiger partial charge on any atom is -0.386 e. The second-order valence-corrected chi connectivity index (χ2v) is 2.93. The topological polar surface area (TPSA) is 60.7 Å². The Morgan fingerprint density at radius 2 is 1.86 bits per heavy atom. The summed E-state index contributed by atoms with van der Waals surface area (Å²) in [6, 6.07) is 0. The van der Waals surface area contributed by atoms with Gasteiger partial charge in [0.1, 0.15) is 12.2 Å². The number of hydrogen-bond acceptors (Lipinski definition) is 3. The maximum Gasteiger partial charge on any atom is 0.418 e. The third-order valence-corrected chi connectivity index (χ3v) is 1.89. The summed E-state index contributed by atoms with van der Waals surface area (Å²) in [7, 11) is 0. The Morgan fingerprint density at radius 3 is 2.36 bits per heavy atom. The number of hydrogen-bond donors (Lipinski definition) is 3. The highest BCUT2D eigenvalue weighted by molar-refractivity contribution is 5.29. The highest BCUT2D eigenvalue weighted by atomic mass is 19.4. The van der Waals surface area contributed by atoms with E-state index in [1.807, 2.05) is 0 Å². The molecule has 14 heavy (non-hydrogen) atoms. The SMILES string of the molecule is OC(C1=CC=C[C@H](O)[C@@H]1O)C(F)(F)F. The molecule has 3 nitrogen and oxygen atoms in total. The zero-order valence-electron chi connectivity index (χ0n) is 6.94. The van der Waals surface area contributed by atoms with Crippen molar-refractivity contribution < 1.29 is 28.5 Å². The van der Waals surface area contributed by atoms with Crippen LogP contribution in [0.4, 0.5) is 13.2 Å². The van der Waals surface area contributed by atoms with Gasteiger partial charge in [-0.05, 0) is 5.57 Å². The van der Waals surface area contributed by atoms with E-state index < -0.39 is 30.1 Å². The van der Waals surface area contributed by atoms with E-state index in [0.29, 0.717) is 0 Å². The van der Waals surface area contributed by atoms with Crippen molar-refractivity contribution in [3.63, 3.8) is 0 Å². The monoisotopic (exact) mass is 210 g/mol. The number of allylic oxidation sites excluding steroid dienone is 2. The van der Waals surface area contributed by atoms with Gasteiger partial charge in [-0.15, -0.1) is 0 Å². The van der Waals surface area contributed by atoms with Gasteiger partial charge in [0.25, 0.3) is 0 Å². The molecule has 0 aromatic heterocycles. The second kappa shape index (κ2) is 3.72. The zero-order valence-corrected chi connectivity index (χ0v) is 6.94. The molecule has 0 heterocycles. The molecule has 3 N–H and O–H groups in total. The average molecular weight is 210 g/mol. The van der Waals surface area contributed by atoms with E-state index in [0.717, 1.165) is 18.2 Å². The summed E-state index contributed by atoms with van der Waals surface area (Å²) in [6.07, 6.45) is -7.47. The maximum atomic E-state index is 12.0. The van der Waals surface area contributed by atoms with Gasteiger partial charge in [-0.1, -0.05) is 18.2 Å². The summed E-state index contributed by atoms with van der Waals surface area (Å²) < 4.78 is 36.1. The second-order valence-electron chi connectivity index (χ2n) is 2.93. The van der Waals surface area contributed by atoms with E-state index in [4.69, 9.17) is 15.3 Å². The first-order valence-electron chi connectivity index (χ1n) is 3.83. The van der Waals surface area contributed by atoms with Gasteiger partial charge in [-0.25, -0.2) is 0 Å². The van der Waals surface area contributed by atoms with E-state index in [-0.39, 0.29) is 0 Å². The van der Waals surface area contributed by atoms with E-state index in [9.17, 15) is 13.2 Å². The summed E-state index contributed by atoms with van der Waals surface area (Å²) in [4.78, 5) is 0. The van der Waals surface area contributed by atoms with Crippen LogP contribution in [-0.2, 0) is 0 Å². The summed E-state index contributed by atoms with van der Waals surface area (Å²) in [6.45, 7) is 0. The molecule has 0 fully saturated rings. The van der Waals surface area contributed by atoms with E-state index in [1.54, 1.807) is 0 Å². The number of rotatable bonds is 1. The zero-order chi connectivity index (χ0) is 10.9. The third-order valence-electron chi connectivity index (χ3n) is 1.89. The predicted molar refractivity (Wildman–Crippen MR) is 41.3 cm³/mol. The van der Waals surface area contributed by atoms with Crippen molar-refractivity contribution >= 4 is 0 Å². The molecule has 0 aliphatic heterocycles. The van der Waals surface area contributed by atoms with Crippen LogP contribution in [0, 0.1) is 0 Å². The van der Waals surface area contributed by atoms with Crippen LogP contribution in [0.15, 0.2) is 23.8 Å². The fourth-order valence-electron chi connectivity index (χ4n) is 1.12. The maximum absolute atomic E-state index is 12.0. The Balaban J connectivity index is 2.88. The van der Waals surface area contributed by atoms with Crippen molar-refractivity contribution in [3.05, 3.63) is 23.8 Å². The first kappa shape index (κ1) is 11.2. The molecule has 0 saturated carbocycles. The average Bonchev–Trinajstić information content (AvgIpc) is 2.07. The fourth-order valence-corrected chi connectivity index (χ4v) is 1.12. The minimum atomic E-state index is -4.84. The van der Waals surface area contributed by atoms with Crippen LogP contribution in [0.3, 0.4) is 0 Å². The molecule has 0 saturated heterocycles. The van der Waals surface area contributed by atoms with E-state index in [2.05, 4.69) is 0 Å². The Labute approximate surface area is 77.8 Å². The molecule has 80 valence electrons. The quantitative estimate of drug-likeness (QED) is 0.576. The van der Waals surface area contributed by atoms with Crippen molar-refractivity contribution in [1.82, 2.24) is 0 Å². The molecule has 1 aliphatic rings. The molecule has 0 amide bonds. The van der Waals surface area contributed by atoms with Crippen LogP contribution in [0.25, 0.3) is 0 Å². The lowest BCUT2D eigenvalue weighted by Gasteiger charge is -2.26. The summed E-state index contributed by atoms with van der Waals surface area (Å²) in [5.41, 5.74) is -0.646. The van der Waals surface area contributed by atoms with Crippen molar-refractivity contribution in [2.45, 2.75) is 24.5 Å². The molecule has 0 aromatic rings. The largest absolute Gasteiger partial charge is 0.418 e. The van der Waals surface area contributed by atoms with Gasteiger partial charge in [0.05, 0.1) is 0 Å². The summed E-state index contributed by atoms with van der Waals surface area (Å²) in [5.74, 6) is 0. The Kier molecular flexibility index (Phi) is 2.98. The van der Waals surface area contributed by atoms with Gasteiger partial charge in [0.2, 0.25) is 0 Å². The summed E-state index contributed by atoms with van der Waals surface area (Å²) in [5, 5.41) is 26.9. The highest BCUT2D eigenvalue weighted by Gasteiger charge is 2.43. The lowest BCUT2D eigenvalue weighted by Crippen LogP contribution is -2.40. The smallest absolute Gasteiger partial charge is 0.386 e. The molecule has 1 rings (SSSR count). The van der Waals surface area contributed by atoms with Crippen LogP contribution in [0.2, 0.25) is 0 Å². The van der Waals surface area contributed by atoms with Gasteiger partial charge < -0.3 is 15.3 Å². The lowest BCUT2D eigenvalue weighted by atomic mass is 9.94. The number of halogens is 3. The first-order valence-corrected chi connectivity index (χ1v) is 3.83. The van der Waals surface area contributed by atoms with Crippen LogP contribution in [0.1, 0.15) is 0 Å². The predicted octanol–water partition coefficient (Wildman–Crippen LogP) is 0.128. The lowest BCUT2D eigenvalue weighted by molar-refractivity contribution is -0.195. The molecule has 1 aliphatic carbocycles. The fraction of sp³-hybridized carbons (Fsp3) is 0.500. The molecule has 3 atom stereocenters. The van der Waals surface area contributed by atoms with Crippen molar-refractivity contribution in [1.29, 1.82) is 0 Å². The van der Waals surface area contributed by atoms with Crippen molar-refractivity contribution in [3.8, 4) is 0 Å². The molecular weight excluding hydrogens is 201 g/mol. The molecule has 0 spiro atoms. The van der Waals surface area contributed by atoms with Crippen LogP contribution in [0.5, 0.6) is 0 Å². The molecular formula is C8H9F3O3. The molecule has 1 unspecified atom stereocenters. The molecule has 0 radical (unpaired) electrons. The van der Waals surface area contributed by atoms with E-state index >= 15 is 0 Å². The normalized spacial score (nSPS) is 30.0.